The van der Waals surface area contributed by atoms with Gasteiger partial charge in [-0.3, -0.25) is 0 Å². The van der Waals surface area contributed by atoms with E-state index in [-0.39, 0.29) is 0 Å². The number of hydrogen-bond donors (Lipinski definition) is 0. The molecule has 0 aromatic rings. The van der Waals surface area contributed by atoms with E-state index in [0.717, 1.165) is 26.2 Å². The molecule has 1 unspecified atom stereocenters. The summed E-state index contributed by atoms with van der Waals surface area (Å²) in [5.41, 5.74) is 0. The first-order valence-corrected chi connectivity index (χ1v) is 5.33. The van der Waals surface area contributed by atoms with E-state index >= 15 is 0 Å². The Hall–Kier alpha value is -1.21. The molecule has 0 aromatic heterocycles. The molecule has 2 heterocycles. The number of guanidine groups is 1. The van der Waals surface area contributed by atoms with Gasteiger partial charge in [0.1, 0.15) is 13.5 Å². The molecule has 7 nitrogen and oxygen atoms in total. The van der Waals surface area contributed by atoms with E-state index in [1.54, 1.807) is 4.90 Å². The minimum Gasteiger partial charge on any atom is -0.381 e. The van der Waals surface area contributed by atoms with E-state index in [2.05, 4.69) is 10.4 Å². The van der Waals surface area contributed by atoms with Crippen LogP contribution in [0, 0.1) is 10.8 Å². The Bertz CT molecular complexity index is 278. The van der Waals surface area contributed by atoms with Crippen molar-refractivity contribution in [3.8, 4) is 0 Å². The van der Waals surface area contributed by atoms with Crippen LogP contribution in [0.3, 0.4) is 0 Å². The van der Waals surface area contributed by atoms with E-state index in [0.29, 0.717) is 25.3 Å². The van der Waals surface area contributed by atoms with Crippen molar-refractivity contribution in [2.24, 2.45) is 16.3 Å². The topological polar surface area (TPSA) is 66.7 Å². The lowest BCUT2D eigenvalue weighted by molar-refractivity contribution is -0.0233. The van der Waals surface area contributed by atoms with Crippen LogP contribution in [0.1, 0.15) is 6.42 Å². The third-order valence-electron chi connectivity index (χ3n) is 2.79. The Morgan fingerprint density at radius 3 is 3.00 bits per heavy atom. The van der Waals surface area contributed by atoms with Gasteiger partial charge in [-0.05, 0) is 6.42 Å². The number of rotatable bonds is 3. The van der Waals surface area contributed by atoms with Crippen LogP contribution in [0.2, 0.25) is 0 Å². The molecule has 0 N–H and O–H groups in total. The lowest BCUT2D eigenvalue weighted by Gasteiger charge is -2.36. The molecule has 2 saturated heterocycles. The molecule has 0 bridgehead atoms. The quantitative estimate of drug-likeness (QED) is 0.511. The molecule has 2 fully saturated rings. The standard InChI is InChI=1S/C9H16N4O3/c1-12-6-16-7-13(9(12)10-11-14)4-8-2-3-15-5-8/h8H,2-7H2,1H3. The summed E-state index contributed by atoms with van der Waals surface area (Å²) in [6.07, 6.45) is 1.04. The highest BCUT2D eigenvalue weighted by atomic mass is 16.5. The van der Waals surface area contributed by atoms with Gasteiger partial charge in [-0.1, -0.05) is 5.10 Å². The normalized spacial score (nSPS) is 28.8. The van der Waals surface area contributed by atoms with Crippen LogP contribution >= 0.6 is 0 Å². The van der Waals surface area contributed by atoms with E-state index in [9.17, 15) is 4.91 Å². The predicted octanol–water partition coefficient (Wildman–Crippen LogP) is 0.239. The molecule has 0 spiro atoms. The maximum absolute atomic E-state index is 10.2. The minimum atomic E-state index is 0.437. The van der Waals surface area contributed by atoms with Gasteiger partial charge in [0.15, 0.2) is 0 Å². The molecule has 2 aliphatic rings. The van der Waals surface area contributed by atoms with Crippen molar-refractivity contribution in [2.45, 2.75) is 6.42 Å². The molecule has 1 atom stereocenters. The summed E-state index contributed by atoms with van der Waals surface area (Å²) in [4.78, 5) is 13.9. The van der Waals surface area contributed by atoms with Crippen molar-refractivity contribution >= 4 is 5.96 Å². The van der Waals surface area contributed by atoms with E-state index in [1.165, 1.54) is 0 Å². The Balaban J connectivity index is 1.99. The van der Waals surface area contributed by atoms with Crippen LogP contribution in [0.25, 0.3) is 0 Å². The highest BCUT2D eigenvalue weighted by Gasteiger charge is 2.26. The van der Waals surface area contributed by atoms with Gasteiger partial charge >= 0.3 is 0 Å². The van der Waals surface area contributed by atoms with Crippen molar-refractivity contribution in [3.05, 3.63) is 4.91 Å². The van der Waals surface area contributed by atoms with Crippen LogP contribution in [0.4, 0.5) is 0 Å². The van der Waals surface area contributed by atoms with Crippen LogP contribution < -0.4 is 0 Å². The average molecular weight is 228 g/mol. The summed E-state index contributed by atoms with van der Waals surface area (Å²) in [6.45, 7) is 3.26. The molecular weight excluding hydrogens is 212 g/mol. The summed E-state index contributed by atoms with van der Waals surface area (Å²) in [7, 11) is 1.82. The highest BCUT2D eigenvalue weighted by Crippen LogP contribution is 2.16. The van der Waals surface area contributed by atoms with Gasteiger partial charge in [0.25, 0.3) is 0 Å². The zero-order valence-corrected chi connectivity index (χ0v) is 9.33. The summed E-state index contributed by atoms with van der Waals surface area (Å²) >= 11 is 0. The second kappa shape index (κ2) is 5.22. The average Bonchev–Trinajstić information content (AvgIpc) is 2.76. The van der Waals surface area contributed by atoms with Crippen LogP contribution in [0.5, 0.6) is 0 Å². The second-order valence-corrected chi connectivity index (χ2v) is 4.09. The molecule has 0 aliphatic carbocycles. The Kier molecular flexibility index (Phi) is 3.68. The molecule has 0 aromatic carbocycles. The maximum Gasteiger partial charge on any atom is 0.228 e. The summed E-state index contributed by atoms with van der Waals surface area (Å²) in [5, 5.41) is 6.21. The lowest BCUT2D eigenvalue weighted by Crippen LogP contribution is -2.51. The van der Waals surface area contributed by atoms with Crippen molar-refractivity contribution in [3.63, 3.8) is 0 Å². The zero-order valence-electron chi connectivity index (χ0n) is 9.33. The Labute approximate surface area is 94.0 Å². The number of nitroso groups, excluding NO2 is 1. The number of nitrogens with zero attached hydrogens (tertiary/aromatic N) is 4. The molecule has 2 rings (SSSR count). The summed E-state index contributed by atoms with van der Waals surface area (Å²) < 4.78 is 10.7. The lowest BCUT2D eigenvalue weighted by atomic mass is 10.1. The zero-order chi connectivity index (χ0) is 11.4. The SMILES string of the molecule is CN1COCN(CC2CCOC2)C1=NN=O. The van der Waals surface area contributed by atoms with Crippen molar-refractivity contribution in [1.82, 2.24) is 9.80 Å². The summed E-state index contributed by atoms with van der Waals surface area (Å²) in [6, 6.07) is 0. The molecule has 0 radical (unpaired) electrons. The van der Waals surface area contributed by atoms with Gasteiger partial charge in [-0.2, -0.15) is 0 Å². The highest BCUT2D eigenvalue weighted by molar-refractivity contribution is 5.79. The number of hydrogen-bond acceptors (Lipinski definition) is 4. The fourth-order valence-corrected chi connectivity index (χ4v) is 1.99. The fourth-order valence-electron chi connectivity index (χ4n) is 1.99. The molecule has 0 saturated carbocycles. The van der Waals surface area contributed by atoms with Crippen LogP contribution in [-0.2, 0) is 9.47 Å². The molecule has 7 heteroatoms. The van der Waals surface area contributed by atoms with Gasteiger partial charge in [0.2, 0.25) is 5.96 Å². The van der Waals surface area contributed by atoms with Gasteiger partial charge in [-0.15, -0.1) is 4.91 Å². The molecule has 0 amide bonds. The van der Waals surface area contributed by atoms with Crippen LogP contribution in [0.15, 0.2) is 10.4 Å². The maximum atomic E-state index is 10.2. The summed E-state index contributed by atoms with van der Waals surface area (Å²) in [5.74, 6) is 1.06. The van der Waals surface area contributed by atoms with Gasteiger partial charge < -0.3 is 19.3 Å². The third-order valence-corrected chi connectivity index (χ3v) is 2.79. The first kappa shape index (κ1) is 11.3. The molecule has 16 heavy (non-hydrogen) atoms. The van der Waals surface area contributed by atoms with Crippen molar-refractivity contribution < 1.29 is 9.47 Å². The minimum absolute atomic E-state index is 0.437. The molecule has 2 aliphatic heterocycles. The first-order valence-electron chi connectivity index (χ1n) is 5.33. The second-order valence-electron chi connectivity index (χ2n) is 4.09. The predicted molar refractivity (Wildman–Crippen MR) is 57.4 cm³/mol. The first-order chi connectivity index (χ1) is 7.81. The van der Waals surface area contributed by atoms with E-state index in [1.807, 2.05) is 11.9 Å². The fraction of sp³-hybridized carbons (Fsp3) is 0.889. The molecule has 90 valence electrons. The van der Waals surface area contributed by atoms with Gasteiger partial charge in [-0.25, -0.2) is 0 Å². The van der Waals surface area contributed by atoms with Crippen LogP contribution in [-0.4, -0.2) is 56.0 Å². The van der Waals surface area contributed by atoms with Gasteiger partial charge in [0, 0.05) is 26.1 Å². The van der Waals surface area contributed by atoms with E-state index in [4.69, 9.17) is 9.47 Å². The largest absolute Gasteiger partial charge is 0.381 e. The van der Waals surface area contributed by atoms with E-state index < -0.39 is 0 Å². The Morgan fingerprint density at radius 2 is 2.31 bits per heavy atom. The monoisotopic (exact) mass is 228 g/mol. The van der Waals surface area contributed by atoms with Gasteiger partial charge in [0.05, 0.1) is 11.9 Å². The van der Waals surface area contributed by atoms with Crippen molar-refractivity contribution in [2.75, 3.05) is 40.3 Å². The smallest absolute Gasteiger partial charge is 0.228 e. The number of ether oxygens (including phenoxy) is 2. The van der Waals surface area contributed by atoms with Crippen molar-refractivity contribution in [1.29, 1.82) is 0 Å². The third kappa shape index (κ3) is 2.48. The molecular formula is C9H16N4O3. The Morgan fingerprint density at radius 1 is 1.44 bits per heavy atom.